The highest BCUT2D eigenvalue weighted by Gasteiger charge is 2.27. The zero-order valence-corrected chi connectivity index (χ0v) is 14.1. The molecule has 0 spiro atoms. The standard InChI is InChI=1S/C18H16N6O3/c19-17(26)16(25)13(9-12-5-1-3-7-21-12)23-18(27)14-10-20-11-24(14)15-6-2-4-8-22-15/h1-8,10-11,13H,9H2,(H2,19,26)(H,23,27). The van der Waals surface area contributed by atoms with Gasteiger partial charge < -0.3 is 11.1 Å². The Hall–Kier alpha value is -3.88. The molecule has 3 N–H and O–H groups in total. The number of Topliss-reactive ketones (excluding diaryl/α,β-unsaturated/α-hetero) is 1. The zero-order chi connectivity index (χ0) is 19.2. The van der Waals surface area contributed by atoms with Gasteiger partial charge in [0.15, 0.2) is 0 Å². The Morgan fingerprint density at radius 3 is 2.44 bits per heavy atom. The number of primary amides is 1. The van der Waals surface area contributed by atoms with Crippen molar-refractivity contribution in [2.24, 2.45) is 5.73 Å². The average Bonchev–Trinajstić information content (AvgIpc) is 3.18. The zero-order valence-electron chi connectivity index (χ0n) is 14.1. The molecule has 1 unspecified atom stereocenters. The van der Waals surface area contributed by atoms with Gasteiger partial charge in [-0.1, -0.05) is 12.1 Å². The minimum absolute atomic E-state index is 0.0338. The summed E-state index contributed by atoms with van der Waals surface area (Å²) in [5.41, 5.74) is 5.82. The number of ketones is 1. The molecule has 0 aliphatic heterocycles. The van der Waals surface area contributed by atoms with Crippen LogP contribution in [0.5, 0.6) is 0 Å². The molecule has 0 radical (unpaired) electrons. The van der Waals surface area contributed by atoms with Crippen LogP contribution in [-0.4, -0.2) is 43.2 Å². The van der Waals surface area contributed by atoms with Crippen LogP contribution in [-0.2, 0) is 16.0 Å². The minimum atomic E-state index is -1.14. The normalized spacial score (nSPS) is 11.6. The summed E-state index contributed by atoms with van der Waals surface area (Å²) in [6, 6.07) is 9.23. The molecular weight excluding hydrogens is 348 g/mol. The third-order valence-corrected chi connectivity index (χ3v) is 3.77. The molecule has 0 saturated carbocycles. The van der Waals surface area contributed by atoms with E-state index in [1.165, 1.54) is 17.1 Å². The highest BCUT2D eigenvalue weighted by Crippen LogP contribution is 2.09. The van der Waals surface area contributed by atoms with E-state index in [1.807, 2.05) is 0 Å². The van der Waals surface area contributed by atoms with E-state index in [4.69, 9.17) is 5.73 Å². The third-order valence-electron chi connectivity index (χ3n) is 3.77. The Bertz CT molecular complexity index is 955. The van der Waals surface area contributed by atoms with Crippen LogP contribution in [0, 0.1) is 0 Å². The van der Waals surface area contributed by atoms with Crippen molar-refractivity contribution in [2.45, 2.75) is 12.5 Å². The van der Waals surface area contributed by atoms with E-state index >= 15 is 0 Å². The first-order valence-electron chi connectivity index (χ1n) is 8.04. The summed E-state index contributed by atoms with van der Waals surface area (Å²) in [5, 5.41) is 2.54. The predicted molar refractivity (Wildman–Crippen MR) is 94.8 cm³/mol. The van der Waals surface area contributed by atoms with E-state index in [9.17, 15) is 14.4 Å². The summed E-state index contributed by atoms with van der Waals surface area (Å²) < 4.78 is 1.47. The molecule has 136 valence electrons. The van der Waals surface area contributed by atoms with Crippen LogP contribution < -0.4 is 11.1 Å². The molecule has 0 bridgehead atoms. The number of carbonyl (C=O) groups excluding carboxylic acids is 3. The first-order chi connectivity index (χ1) is 13.1. The molecule has 1 atom stereocenters. The molecule has 3 aromatic heterocycles. The molecule has 3 heterocycles. The lowest BCUT2D eigenvalue weighted by Gasteiger charge is -2.16. The number of carbonyl (C=O) groups is 3. The summed E-state index contributed by atoms with van der Waals surface area (Å²) in [4.78, 5) is 48.5. The van der Waals surface area contributed by atoms with Crippen molar-refractivity contribution in [1.29, 1.82) is 0 Å². The molecule has 0 aliphatic rings. The lowest BCUT2D eigenvalue weighted by molar-refractivity contribution is -0.137. The number of amides is 2. The number of rotatable bonds is 7. The van der Waals surface area contributed by atoms with Gasteiger partial charge in [-0.15, -0.1) is 0 Å². The quantitative estimate of drug-likeness (QED) is 0.570. The summed E-state index contributed by atoms with van der Waals surface area (Å²) in [7, 11) is 0. The molecule has 0 fully saturated rings. The van der Waals surface area contributed by atoms with Crippen LogP contribution >= 0.6 is 0 Å². The molecule has 0 aliphatic carbocycles. The van der Waals surface area contributed by atoms with Crippen LogP contribution in [0.15, 0.2) is 61.3 Å². The van der Waals surface area contributed by atoms with Crippen molar-refractivity contribution in [2.75, 3.05) is 0 Å². The van der Waals surface area contributed by atoms with Crippen molar-refractivity contribution >= 4 is 17.6 Å². The van der Waals surface area contributed by atoms with Crippen LogP contribution in [0.2, 0.25) is 0 Å². The van der Waals surface area contributed by atoms with Crippen LogP contribution in [0.25, 0.3) is 5.82 Å². The number of hydrogen-bond acceptors (Lipinski definition) is 6. The Balaban J connectivity index is 1.84. The fourth-order valence-corrected chi connectivity index (χ4v) is 2.48. The van der Waals surface area contributed by atoms with Crippen LogP contribution in [0.1, 0.15) is 16.2 Å². The van der Waals surface area contributed by atoms with Crippen molar-refractivity contribution in [3.63, 3.8) is 0 Å². The maximum absolute atomic E-state index is 12.7. The van der Waals surface area contributed by atoms with Crippen molar-refractivity contribution in [1.82, 2.24) is 24.8 Å². The maximum Gasteiger partial charge on any atom is 0.287 e. The smallest absolute Gasteiger partial charge is 0.287 e. The van der Waals surface area contributed by atoms with E-state index in [1.54, 1.807) is 48.8 Å². The van der Waals surface area contributed by atoms with Crippen molar-refractivity contribution < 1.29 is 14.4 Å². The summed E-state index contributed by atoms with van der Waals surface area (Å²) in [6.07, 6.45) is 5.94. The molecular formula is C18H16N6O3. The van der Waals surface area contributed by atoms with Gasteiger partial charge in [0.05, 0.1) is 6.20 Å². The number of aromatic nitrogens is 4. The first-order valence-corrected chi connectivity index (χ1v) is 8.04. The van der Waals surface area contributed by atoms with Gasteiger partial charge in [-0.2, -0.15) is 0 Å². The number of nitrogens with zero attached hydrogens (tertiary/aromatic N) is 4. The number of nitrogens with two attached hydrogens (primary N) is 1. The molecule has 9 heteroatoms. The van der Waals surface area contributed by atoms with Gasteiger partial charge in [0.2, 0.25) is 5.78 Å². The van der Waals surface area contributed by atoms with E-state index < -0.39 is 23.6 Å². The number of pyridine rings is 2. The molecule has 3 rings (SSSR count). The predicted octanol–water partition coefficient (Wildman–Crippen LogP) is 0.0578. The van der Waals surface area contributed by atoms with Gasteiger partial charge in [0, 0.05) is 24.5 Å². The topological polar surface area (TPSA) is 133 Å². The van der Waals surface area contributed by atoms with Gasteiger partial charge >= 0.3 is 0 Å². The van der Waals surface area contributed by atoms with E-state index in [2.05, 4.69) is 20.3 Å². The van der Waals surface area contributed by atoms with E-state index in [0.29, 0.717) is 11.5 Å². The molecule has 0 saturated heterocycles. The lowest BCUT2D eigenvalue weighted by atomic mass is 10.1. The van der Waals surface area contributed by atoms with Gasteiger partial charge in [-0.3, -0.25) is 23.9 Å². The first kappa shape index (κ1) is 17.9. The molecule has 2 amide bonds. The Morgan fingerprint density at radius 2 is 1.81 bits per heavy atom. The van der Waals surface area contributed by atoms with E-state index in [-0.39, 0.29) is 12.1 Å². The fourth-order valence-electron chi connectivity index (χ4n) is 2.48. The minimum Gasteiger partial charge on any atom is -0.363 e. The second-order valence-electron chi connectivity index (χ2n) is 5.62. The molecule has 3 aromatic rings. The van der Waals surface area contributed by atoms with Crippen molar-refractivity contribution in [3.05, 3.63) is 72.7 Å². The van der Waals surface area contributed by atoms with Gasteiger partial charge in [-0.05, 0) is 24.3 Å². The average molecular weight is 364 g/mol. The number of hydrogen-bond donors (Lipinski definition) is 2. The third kappa shape index (κ3) is 4.21. The lowest BCUT2D eigenvalue weighted by Crippen LogP contribution is -2.47. The Labute approximate surface area is 154 Å². The fraction of sp³-hybridized carbons (Fsp3) is 0.111. The van der Waals surface area contributed by atoms with Crippen LogP contribution in [0.4, 0.5) is 0 Å². The summed E-state index contributed by atoms with van der Waals surface area (Å²) >= 11 is 0. The molecule has 9 nitrogen and oxygen atoms in total. The second kappa shape index (κ2) is 8.00. The number of nitrogens with one attached hydrogen (secondary N) is 1. The SMILES string of the molecule is NC(=O)C(=O)C(Cc1ccccn1)NC(=O)c1cncn1-c1ccccn1. The van der Waals surface area contributed by atoms with Crippen molar-refractivity contribution in [3.8, 4) is 5.82 Å². The van der Waals surface area contributed by atoms with Gasteiger partial charge in [0.25, 0.3) is 11.8 Å². The molecule has 0 aromatic carbocycles. The molecule has 27 heavy (non-hydrogen) atoms. The Morgan fingerprint density at radius 1 is 1.07 bits per heavy atom. The maximum atomic E-state index is 12.7. The Kier molecular flexibility index (Phi) is 5.31. The number of imidazole rings is 1. The highest BCUT2D eigenvalue weighted by molar-refractivity contribution is 6.38. The summed E-state index contributed by atoms with van der Waals surface area (Å²) in [5.74, 6) is -2.14. The highest BCUT2D eigenvalue weighted by atomic mass is 16.2. The largest absolute Gasteiger partial charge is 0.363 e. The monoisotopic (exact) mass is 364 g/mol. The van der Waals surface area contributed by atoms with E-state index in [0.717, 1.165) is 0 Å². The van der Waals surface area contributed by atoms with Gasteiger partial charge in [-0.25, -0.2) is 9.97 Å². The van der Waals surface area contributed by atoms with Crippen LogP contribution in [0.3, 0.4) is 0 Å². The van der Waals surface area contributed by atoms with Gasteiger partial charge in [0.1, 0.15) is 23.9 Å². The second-order valence-corrected chi connectivity index (χ2v) is 5.62. The summed E-state index contributed by atoms with van der Waals surface area (Å²) in [6.45, 7) is 0.